The average Bonchev–Trinajstić information content (AvgIpc) is 3.15. The standard InChI is InChI=1S/C13H14N8O4/c14-3-13(8-2-1-7-11(15)17-6-19-21(7)8)10(24)9(23)12(5-22,25-13)4-18-20-16/h1-2,6,9-10,22-24H,4-5H2,(H2,15,17,19)/t9-,10+,12+,13-/m0/s1. The fourth-order valence-electron chi connectivity index (χ4n) is 2.99. The first-order chi connectivity index (χ1) is 12.0. The monoisotopic (exact) mass is 346 g/mol. The lowest BCUT2D eigenvalue weighted by Gasteiger charge is -2.29. The van der Waals surface area contributed by atoms with Crippen LogP contribution in [0.2, 0.25) is 0 Å². The number of nitrogens with zero attached hydrogens (tertiary/aromatic N) is 7. The zero-order chi connectivity index (χ0) is 18.2. The predicted molar refractivity (Wildman–Crippen MR) is 81.6 cm³/mol. The topological polar surface area (TPSA) is 199 Å². The van der Waals surface area contributed by atoms with E-state index in [9.17, 15) is 20.6 Å². The first-order valence-corrected chi connectivity index (χ1v) is 7.14. The zero-order valence-corrected chi connectivity index (χ0v) is 12.8. The number of nitrogens with two attached hydrogens (primary N) is 1. The number of nitriles is 1. The van der Waals surface area contributed by atoms with E-state index >= 15 is 0 Å². The number of anilines is 1. The van der Waals surface area contributed by atoms with Crippen LogP contribution in [0.1, 0.15) is 5.69 Å². The molecule has 0 radical (unpaired) electrons. The van der Waals surface area contributed by atoms with Crippen LogP contribution in [0.4, 0.5) is 5.82 Å². The van der Waals surface area contributed by atoms with Gasteiger partial charge >= 0.3 is 0 Å². The van der Waals surface area contributed by atoms with Gasteiger partial charge in [-0.2, -0.15) is 10.4 Å². The highest BCUT2D eigenvalue weighted by molar-refractivity contribution is 5.66. The molecule has 12 heteroatoms. The van der Waals surface area contributed by atoms with E-state index in [4.69, 9.17) is 16.0 Å². The summed E-state index contributed by atoms with van der Waals surface area (Å²) >= 11 is 0. The molecule has 0 spiro atoms. The highest BCUT2D eigenvalue weighted by atomic mass is 16.6. The van der Waals surface area contributed by atoms with E-state index in [-0.39, 0.29) is 11.5 Å². The first-order valence-electron chi connectivity index (χ1n) is 7.14. The van der Waals surface area contributed by atoms with E-state index in [1.807, 2.05) is 6.07 Å². The summed E-state index contributed by atoms with van der Waals surface area (Å²) in [7, 11) is 0. The Morgan fingerprint density at radius 2 is 2.24 bits per heavy atom. The van der Waals surface area contributed by atoms with Crippen molar-refractivity contribution in [3.63, 3.8) is 0 Å². The largest absolute Gasteiger partial charge is 0.393 e. The van der Waals surface area contributed by atoms with Crippen molar-refractivity contribution < 1.29 is 20.1 Å². The number of azide groups is 1. The summed E-state index contributed by atoms with van der Waals surface area (Å²) in [4.78, 5) is 6.40. The van der Waals surface area contributed by atoms with E-state index in [1.165, 1.54) is 16.6 Å². The van der Waals surface area contributed by atoms with Crippen molar-refractivity contribution in [3.05, 3.63) is 34.6 Å². The van der Waals surface area contributed by atoms with Gasteiger partial charge in [-0.05, 0) is 17.7 Å². The van der Waals surface area contributed by atoms with E-state index < -0.39 is 36.6 Å². The molecule has 1 aliphatic heterocycles. The predicted octanol–water partition coefficient (Wildman–Crippen LogP) is -1.18. The molecule has 12 nitrogen and oxygen atoms in total. The molecule has 0 amide bonds. The van der Waals surface area contributed by atoms with Crippen LogP contribution in [-0.4, -0.2) is 60.9 Å². The number of nitrogen functional groups attached to an aromatic ring is 1. The molecule has 2 aromatic heterocycles. The molecule has 4 atom stereocenters. The molecule has 1 fully saturated rings. The van der Waals surface area contributed by atoms with E-state index in [0.717, 1.165) is 6.33 Å². The number of aliphatic hydroxyl groups excluding tert-OH is 3. The third-order valence-electron chi connectivity index (χ3n) is 4.32. The molecule has 5 N–H and O–H groups in total. The summed E-state index contributed by atoms with van der Waals surface area (Å²) in [5.41, 5.74) is 10.8. The van der Waals surface area contributed by atoms with Gasteiger partial charge in [0.2, 0.25) is 5.60 Å². The van der Waals surface area contributed by atoms with E-state index in [1.54, 1.807) is 0 Å². The second kappa shape index (κ2) is 5.85. The van der Waals surface area contributed by atoms with E-state index in [0.29, 0.717) is 5.52 Å². The van der Waals surface area contributed by atoms with Gasteiger partial charge in [0.15, 0.2) is 5.82 Å². The second-order valence-corrected chi connectivity index (χ2v) is 5.61. The fourth-order valence-corrected chi connectivity index (χ4v) is 2.99. The summed E-state index contributed by atoms with van der Waals surface area (Å²) in [6, 6.07) is 4.81. The molecule has 0 bridgehead atoms. The second-order valence-electron chi connectivity index (χ2n) is 5.61. The van der Waals surface area contributed by atoms with Crippen LogP contribution in [-0.2, 0) is 10.3 Å². The lowest BCUT2D eigenvalue weighted by atomic mass is 9.89. The molecule has 130 valence electrons. The Labute approximate surface area is 140 Å². The molecule has 0 aromatic carbocycles. The van der Waals surface area contributed by atoms with Crippen LogP contribution in [0.3, 0.4) is 0 Å². The van der Waals surface area contributed by atoms with Gasteiger partial charge < -0.3 is 25.8 Å². The SMILES string of the molecule is N#C[C@@]1(c2ccc3c(N)ncnn23)O[C@@](CO)(CN=[N+]=[N-])[C@@H](O)[C@H]1O. The zero-order valence-electron chi connectivity index (χ0n) is 12.8. The summed E-state index contributed by atoms with van der Waals surface area (Å²) in [6.07, 6.45) is -2.27. The van der Waals surface area contributed by atoms with Crippen molar-refractivity contribution in [2.75, 3.05) is 18.9 Å². The first kappa shape index (κ1) is 16.9. The maximum atomic E-state index is 10.5. The highest BCUT2D eigenvalue weighted by Crippen LogP contribution is 2.45. The Morgan fingerprint density at radius 1 is 1.48 bits per heavy atom. The number of rotatable bonds is 4. The van der Waals surface area contributed by atoms with Gasteiger partial charge in [0.1, 0.15) is 35.7 Å². The minimum absolute atomic E-state index is 0.0851. The van der Waals surface area contributed by atoms with Gasteiger partial charge in [-0.1, -0.05) is 5.11 Å². The van der Waals surface area contributed by atoms with Crippen molar-refractivity contribution in [2.45, 2.75) is 23.4 Å². The van der Waals surface area contributed by atoms with Gasteiger partial charge in [-0.25, -0.2) is 9.50 Å². The minimum Gasteiger partial charge on any atom is -0.393 e. The number of aromatic nitrogens is 3. The molecule has 0 aliphatic carbocycles. The van der Waals surface area contributed by atoms with E-state index in [2.05, 4.69) is 20.1 Å². The summed E-state index contributed by atoms with van der Waals surface area (Å²) in [5, 5.41) is 47.6. The van der Waals surface area contributed by atoms with Gasteiger partial charge in [0, 0.05) is 4.91 Å². The van der Waals surface area contributed by atoms with Gasteiger partial charge in [0.05, 0.1) is 18.8 Å². The molecule has 0 unspecified atom stereocenters. The lowest BCUT2D eigenvalue weighted by Crippen LogP contribution is -2.48. The summed E-state index contributed by atoms with van der Waals surface area (Å²) < 4.78 is 6.91. The molecule has 25 heavy (non-hydrogen) atoms. The molecular formula is C13H14N8O4. The Morgan fingerprint density at radius 3 is 2.88 bits per heavy atom. The Hall–Kier alpha value is -2.94. The number of fused-ring (bicyclic) bond motifs is 1. The van der Waals surface area contributed by atoms with Crippen molar-refractivity contribution in [3.8, 4) is 6.07 Å². The quantitative estimate of drug-likeness (QED) is 0.301. The third-order valence-corrected chi connectivity index (χ3v) is 4.32. The number of ether oxygens (including phenoxy) is 1. The summed E-state index contributed by atoms with van der Waals surface area (Å²) in [6.45, 7) is -1.27. The van der Waals surface area contributed by atoms with Gasteiger partial charge in [-0.3, -0.25) is 0 Å². The van der Waals surface area contributed by atoms with Crippen LogP contribution in [0.25, 0.3) is 16.0 Å². The van der Waals surface area contributed by atoms with Crippen LogP contribution < -0.4 is 5.73 Å². The van der Waals surface area contributed by atoms with Crippen molar-refractivity contribution in [2.24, 2.45) is 5.11 Å². The average molecular weight is 346 g/mol. The van der Waals surface area contributed by atoms with Crippen molar-refractivity contribution >= 4 is 11.3 Å². The maximum Gasteiger partial charge on any atom is 0.225 e. The molecule has 3 rings (SSSR count). The molecule has 3 heterocycles. The summed E-state index contributed by atoms with van der Waals surface area (Å²) in [5.74, 6) is 0.143. The number of hydrogen-bond donors (Lipinski definition) is 4. The van der Waals surface area contributed by atoms with Crippen LogP contribution in [0.15, 0.2) is 23.6 Å². The minimum atomic E-state index is -2.07. The molecule has 1 aliphatic rings. The number of aliphatic hydroxyl groups is 3. The molecular weight excluding hydrogens is 332 g/mol. The van der Waals surface area contributed by atoms with Crippen molar-refractivity contribution in [1.29, 1.82) is 5.26 Å². The molecule has 0 saturated carbocycles. The van der Waals surface area contributed by atoms with Gasteiger partial charge in [-0.15, -0.1) is 0 Å². The molecule has 1 saturated heterocycles. The third kappa shape index (κ3) is 2.19. The Bertz CT molecular complexity index is 903. The van der Waals surface area contributed by atoms with Crippen LogP contribution in [0, 0.1) is 11.3 Å². The molecule has 2 aromatic rings. The normalized spacial score (nSPS) is 31.6. The van der Waals surface area contributed by atoms with Crippen LogP contribution >= 0.6 is 0 Å². The maximum absolute atomic E-state index is 10.5. The Balaban J connectivity index is 2.19. The Kier molecular flexibility index (Phi) is 3.96. The van der Waals surface area contributed by atoms with Gasteiger partial charge in [0.25, 0.3) is 0 Å². The van der Waals surface area contributed by atoms with Crippen LogP contribution in [0.5, 0.6) is 0 Å². The number of hydrogen-bond acceptors (Lipinski definition) is 9. The lowest BCUT2D eigenvalue weighted by molar-refractivity contribution is -0.129. The smallest absolute Gasteiger partial charge is 0.225 e. The van der Waals surface area contributed by atoms with Crippen molar-refractivity contribution in [1.82, 2.24) is 14.6 Å². The fraction of sp³-hybridized carbons (Fsp3) is 0.462. The highest BCUT2D eigenvalue weighted by Gasteiger charge is 2.64.